The summed E-state index contributed by atoms with van der Waals surface area (Å²) in [7, 11) is 5.23. The van der Waals surface area contributed by atoms with Crippen molar-refractivity contribution in [1.82, 2.24) is 14.8 Å². The van der Waals surface area contributed by atoms with Crippen molar-refractivity contribution in [3.63, 3.8) is 0 Å². The molecular weight excluding hydrogens is 306 g/mol. The van der Waals surface area contributed by atoms with Crippen molar-refractivity contribution >= 4 is 5.91 Å². The molecule has 6 heteroatoms. The average Bonchev–Trinajstić information content (AvgIpc) is 2.58. The summed E-state index contributed by atoms with van der Waals surface area (Å²) >= 11 is 0. The smallest absolute Gasteiger partial charge is 0.237 e. The number of carbonyl (C=O) groups excluding carboxylic acids is 1. The van der Waals surface area contributed by atoms with Crippen molar-refractivity contribution in [1.29, 1.82) is 0 Å². The molecule has 1 aliphatic heterocycles. The lowest BCUT2D eigenvalue weighted by molar-refractivity contribution is -0.136. The summed E-state index contributed by atoms with van der Waals surface area (Å²) in [5, 5.41) is 0. The Morgan fingerprint density at radius 1 is 1.21 bits per heavy atom. The number of likely N-dealkylation sites (N-methyl/N-ethyl adjacent to an activating group) is 1. The maximum absolute atomic E-state index is 12.3. The molecule has 0 spiro atoms. The van der Waals surface area contributed by atoms with Crippen LogP contribution < -0.4 is 0 Å². The predicted octanol–water partition coefficient (Wildman–Crippen LogP) is 1.53. The molecule has 24 heavy (non-hydrogen) atoms. The van der Waals surface area contributed by atoms with Gasteiger partial charge >= 0.3 is 0 Å². The van der Waals surface area contributed by atoms with Crippen LogP contribution in [0.1, 0.15) is 41.6 Å². The van der Waals surface area contributed by atoms with Crippen LogP contribution in [0.2, 0.25) is 0 Å². The number of ether oxygens (including phenoxy) is 2. The number of nitrogens with zero attached hydrogens (tertiary/aromatic N) is 3. The lowest BCUT2D eigenvalue weighted by Gasteiger charge is -2.33. The number of amides is 1. The van der Waals surface area contributed by atoms with Gasteiger partial charge in [0, 0.05) is 39.5 Å². The molecule has 0 atom stereocenters. The summed E-state index contributed by atoms with van der Waals surface area (Å²) in [6.07, 6.45) is 3.97. The lowest BCUT2D eigenvalue weighted by Crippen LogP contribution is -2.48. The first kappa shape index (κ1) is 17.3. The van der Waals surface area contributed by atoms with Crippen molar-refractivity contribution in [2.75, 3.05) is 40.9 Å². The first-order valence-electron chi connectivity index (χ1n) is 8.66. The number of pyridine rings is 1. The predicted molar refractivity (Wildman–Crippen MR) is 90.6 cm³/mol. The third-order valence-electron chi connectivity index (χ3n) is 4.94. The summed E-state index contributed by atoms with van der Waals surface area (Å²) in [6.45, 7) is 2.70. The number of rotatable bonds is 5. The molecule has 0 aromatic carbocycles. The maximum atomic E-state index is 12.3. The van der Waals surface area contributed by atoms with Crippen LogP contribution in [0.5, 0.6) is 0 Å². The molecule has 0 bridgehead atoms. The van der Waals surface area contributed by atoms with Crippen LogP contribution in [-0.2, 0) is 33.7 Å². The molecule has 6 nitrogen and oxygen atoms in total. The number of hydrogen-bond donors (Lipinski definition) is 0. The molecule has 1 aromatic rings. The van der Waals surface area contributed by atoms with E-state index in [4.69, 9.17) is 14.5 Å². The van der Waals surface area contributed by atoms with E-state index in [0.717, 1.165) is 42.9 Å². The number of carbonyl (C=O) groups is 1. The van der Waals surface area contributed by atoms with Crippen LogP contribution >= 0.6 is 0 Å². The Bertz CT molecular complexity index is 601. The van der Waals surface area contributed by atoms with Gasteiger partial charge in [-0.05, 0) is 43.9 Å². The van der Waals surface area contributed by atoms with Crippen molar-refractivity contribution in [2.24, 2.45) is 0 Å². The minimum atomic E-state index is -0.491. The number of piperazine rings is 1. The molecule has 1 aromatic heterocycles. The van der Waals surface area contributed by atoms with E-state index in [9.17, 15) is 4.79 Å². The van der Waals surface area contributed by atoms with Gasteiger partial charge in [-0.2, -0.15) is 0 Å². The number of aryl methyl sites for hydroxylation is 2. The highest BCUT2D eigenvalue weighted by Gasteiger charge is 2.26. The summed E-state index contributed by atoms with van der Waals surface area (Å²) < 4.78 is 10.9. The molecular formula is C18H27N3O3. The minimum absolute atomic E-state index is 0.166. The molecule has 132 valence electrons. The Hall–Kier alpha value is -1.50. The normalized spacial score (nSPS) is 19.0. The van der Waals surface area contributed by atoms with Gasteiger partial charge in [0.2, 0.25) is 12.2 Å². The fourth-order valence-electron chi connectivity index (χ4n) is 3.55. The molecule has 1 saturated heterocycles. The molecule has 3 rings (SSSR count). The standard InChI is InChI=1S/C18H27N3O3/c1-20-8-9-21(16(22)12-20)11-14-10-13-6-4-5-7-15(13)19-17(14)18(23-2)24-3/h10,18H,4-9,11-12H2,1-3H3. The van der Waals surface area contributed by atoms with Crippen LogP contribution in [0.25, 0.3) is 0 Å². The molecule has 2 heterocycles. The highest BCUT2D eigenvalue weighted by atomic mass is 16.7. The second-order valence-corrected chi connectivity index (χ2v) is 6.70. The van der Waals surface area contributed by atoms with Gasteiger partial charge in [0.15, 0.2) is 0 Å². The third-order valence-corrected chi connectivity index (χ3v) is 4.94. The first-order valence-corrected chi connectivity index (χ1v) is 8.66. The van der Waals surface area contributed by atoms with E-state index in [0.29, 0.717) is 13.1 Å². The van der Waals surface area contributed by atoms with E-state index < -0.39 is 6.29 Å². The summed E-state index contributed by atoms with van der Waals surface area (Å²) in [6, 6.07) is 2.22. The quantitative estimate of drug-likeness (QED) is 0.765. The number of methoxy groups -OCH3 is 2. The number of hydrogen-bond acceptors (Lipinski definition) is 5. The van der Waals surface area contributed by atoms with Crippen molar-refractivity contribution in [2.45, 2.75) is 38.5 Å². The zero-order chi connectivity index (χ0) is 17.1. The van der Waals surface area contributed by atoms with Crippen LogP contribution in [0.4, 0.5) is 0 Å². The number of fused-ring (bicyclic) bond motifs is 1. The summed E-state index contributed by atoms with van der Waals surface area (Å²) in [5.41, 5.74) is 4.32. The number of aromatic nitrogens is 1. The van der Waals surface area contributed by atoms with E-state index in [2.05, 4.69) is 11.0 Å². The molecule has 1 fully saturated rings. The zero-order valence-electron chi connectivity index (χ0n) is 14.9. The second-order valence-electron chi connectivity index (χ2n) is 6.70. The van der Waals surface area contributed by atoms with Gasteiger partial charge < -0.3 is 14.4 Å². The Morgan fingerprint density at radius 2 is 1.96 bits per heavy atom. The molecule has 0 N–H and O–H groups in total. The van der Waals surface area contributed by atoms with Gasteiger partial charge in [-0.3, -0.25) is 14.7 Å². The molecule has 1 amide bonds. The summed E-state index contributed by atoms with van der Waals surface area (Å²) in [4.78, 5) is 21.2. The fourth-order valence-corrected chi connectivity index (χ4v) is 3.55. The minimum Gasteiger partial charge on any atom is -0.350 e. The van der Waals surface area contributed by atoms with Crippen LogP contribution in [-0.4, -0.2) is 61.6 Å². The molecule has 0 unspecified atom stereocenters. The van der Waals surface area contributed by atoms with Crippen molar-refractivity contribution in [3.05, 3.63) is 28.6 Å². The van der Waals surface area contributed by atoms with E-state index in [1.54, 1.807) is 14.2 Å². The fraction of sp³-hybridized carbons (Fsp3) is 0.667. The Balaban J connectivity index is 1.91. The van der Waals surface area contributed by atoms with Gasteiger partial charge in [0.25, 0.3) is 0 Å². The van der Waals surface area contributed by atoms with Gasteiger partial charge in [0.1, 0.15) is 5.69 Å². The van der Waals surface area contributed by atoms with E-state index >= 15 is 0 Å². The van der Waals surface area contributed by atoms with E-state index in [1.165, 1.54) is 18.4 Å². The van der Waals surface area contributed by atoms with E-state index in [-0.39, 0.29) is 5.91 Å². The van der Waals surface area contributed by atoms with Crippen LogP contribution in [0, 0.1) is 0 Å². The molecule has 0 radical (unpaired) electrons. The Kier molecular flexibility index (Phi) is 5.48. The van der Waals surface area contributed by atoms with Gasteiger partial charge in [-0.1, -0.05) is 6.07 Å². The average molecular weight is 333 g/mol. The topological polar surface area (TPSA) is 54.9 Å². The Labute approximate surface area is 143 Å². The summed E-state index contributed by atoms with van der Waals surface area (Å²) in [5.74, 6) is 0.166. The van der Waals surface area contributed by atoms with Gasteiger partial charge in [0.05, 0.1) is 6.54 Å². The lowest BCUT2D eigenvalue weighted by atomic mass is 9.93. The molecule has 0 saturated carbocycles. The highest BCUT2D eigenvalue weighted by molar-refractivity contribution is 5.79. The van der Waals surface area contributed by atoms with Gasteiger partial charge in [-0.25, -0.2) is 0 Å². The largest absolute Gasteiger partial charge is 0.350 e. The van der Waals surface area contributed by atoms with Crippen molar-refractivity contribution in [3.8, 4) is 0 Å². The maximum Gasteiger partial charge on any atom is 0.237 e. The zero-order valence-corrected chi connectivity index (χ0v) is 14.9. The van der Waals surface area contributed by atoms with Gasteiger partial charge in [-0.15, -0.1) is 0 Å². The monoisotopic (exact) mass is 333 g/mol. The van der Waals surface area contributed by atoms with Crippen LogP contribution in [0.3, 0.4) is 0 Å². The third kappa shape index (κ3) is 3.61. The first-order chi connectivity index (χ1) is 11.6. The molecule has 1 aliphatic carbocycles. The van der Waals surface area contributed by atoms with Crippen LogP contribution in [0.15, 0.2) is 6.07 Å². The SMILES string of the molecule is COC(OC)c1nc2c(cc1CN1CCN(C)CC1=O)CCCC2. The Morgan fingerprint density at radius 3 is 2.67 bits per heavy atom. The van der Waals surface area contributed by atoms with E-state index in [1.807, 2.05) is 11.9 Å². The highest BCUT2D eigenvalue weighted by Crippen LogP contribution is 2.28. The van der Waals surface area contributed by atoms with Crippen molar-refractivity contribution < 1.29 is 14.3 Å². The molecule has 2 aliphatic rings. The second kappa shape index (κ2) is 7.59.